The van der Waals surface area contributed by atoms with E-state index in [0.29, 0.717) is 0 Å². The second kappa shape index (κ2) is 4.43. The van der Waals surface area contributed by atoms with E-state index >= 15 is 0 Å². The van der Waals surface area contributed by atoms with E-state index < -0.39 is 0 Å². The number of hydrazone groups is 1. The Balaban J connectivity index is 2.55. The minimum atomic E-state index is 0.726. The van der Waals surface area contributed by atoms with Gasteiger partial charge in [0.05, 0.1) is 19.9 Å². The molecule has 4 heteroatoms. The lowest BCUT2D eigenvalue weighted by atomic mass is 9.89. The topological polar surface area (TPSA) is 56.8 Å². The van der Waals surface area contributed by atoms with E-state index in [4.69, 9.17) is 15.3 Å². The van der Waals surface area contributed by atoms with Crippen LogP contribution in [0, 0.1) is 0 Å². The predicted octanol–water partition coefficient (Wildman–Crippen LogP) is 1.70. The largest absolute Gasteiger partial charge is 0.493 e. The first kappa shape index (κ1) is 10.8. The van der Waals surface area contributed by atoms with Crippen molar-refractivity contribution in [1.82, 2.24) is 0 Å². The van der Waals surface area contributed by atoms with Crippen molar-refractivity contribution >= 4 is 5.71 Å². The molecule has 4 nitrogen and oxygen atoms in total. The highest BCUT2D eigenvalue weighted by molar-refractivity contribution is 6.03. The Hall–Kier alpha value is -1.71. The van der Waals surface area contributed by atoms with Gasteiger partial charge in [-0.3, -0.25) is 0 Å². The van der Waals surface area contributed by atoms with E-state index in [2.05, 4.69) is 5.10 Å². The van der Waals surface area contributed by atoms with Gasteiger partial charge in [-0.05, 0) is 37.0 Å². The smallest absolute Gasteiger partial charge is 0.161 e. The van der Waals surface area contributed by atoms with Crippen LogP contribution in [0.1, 0.15) is 24.0 Å². The quantitative estimate of drug-likeness (QED) is 0.609. The van der Waals surface area contributed by atoms with Crippen LogP contribution in [0.15, 0.2) is 17.2 Å². The fourth-order valence-corrected chi connectivity index (χ4v) is 2.11. The lowest BCUT2D eigenvalue weighted by Gasteiger charge is -2.19. The Bertz CT molecular complexity index is 427. The molecule has 2 rings (SSSR count). The van der Waals surface area contributed by atoms with E-state index in [0.717, 1.165) is 42.0 Å². The normalized spacial score (nSPS) is 17.0. The summed E-state index contributed by atoms with van der Waals surface area (Å²) in [7, 11) is 3.28. The molecule has 1 aliphatic rings. The van der Waals surface area contributed by atoms with Gasteiger partial charge in [0, 0.05) is 5.56 Å². The highest BCUT2D eigenvalue weighted by Crippen LogP contribution is 2.34. The van der Waals surface area contributed by atoms with Crippen molar-refractivity contribution in [3.8, 4) is 11.5 Å². The van der Waals surface area contributed by atoms with Gasteiger partial charge in [0.15, 0.2) is 11.5 Å². The number of nitrogens with two attached hydrogens (primary N) is 1. The molecule has 0 saturated heterocycles. The van der Waals surface area contributed by atoms with Crippen molar-refractivity contribution in [2.24, 2.45) is 10.9 Å². The number of benzene rings is 1. The highest BCUT2D eigenvalue weighted by Gasteiger charge is 2.18. The summed E-state index contributed by atoms with van der Waals surface area (Å²) in [5.41, 5.74) is 3.27. The number of hydrogen-bond donors (Lipinski definition) is 1. The monoisotopic (exact) mass is 220 g/mol. The van der Waals surface area contributed by atoms with Gasteiger partial charge in [-0.2, -0.15) is 5.10 Å². The van der Waals surface area contributed by atoms with Crippen molar-refractivity contribution in [3.05, 3.63) is 23.3 Å². The minimum absolute atomic E-state index is 0.726. The molecular weight excluding hydrogens is 204 g/mol. The Morgan fingerprint density at radius 1 is 1.12 bits per heavy atom. The molecule has 0 saturated carbocycles. The fourth-order valence-electron chi connectivity index (χ4n) is 2.11. The van der Waals surface area contributed by atoms with Crippen LogP contribution in [0.5, 0.6) is 11.5 Å². The van der Waals surface area contributed by atoms with Gasteiger partial charge in [0.25, 0.3) is 0 Å². The molecule has 1 aromatic carbocycles. The molecule has 0 fully saturated rings. The van der Waals surface area contributed by atoms with E-state index in [9.17, 15) is 0 Å². The number of rotatable bonds is 2. The van der Waals surface area contributed by atoms with Crippen LogP contribution in [-0.4, -0.2) is 19.9 Å². The standard InChI is InChI=1S/C12H16N2O2/c1-15-11-6-8-4-3-5-10(14-13)9(8)7-12(11)16-2/h6-7H,3-5,13H2,1-2H3/b14-10+. The second-order valence-corrected chi connectivity index (χ2v) is 3.79. The van der Waals surface area contributed by atoms with Crippen molar-refractivity contribution in [2.75, 3.05) is 14.2 Å². The van der Waals surface area contributed by atoms with Gasteiger partial charge in [0.2, 0.25) is 0 Å². The molecule has 0 amide bonds. The number of hydrogen-bond acceptors (Lipinski definition) is 4. The molecule has 0 radical (unpaired) electrons. The van der Waals surface area contributed by atoms with Gasteiger partial charge in [-0.15, -0.1) is 0 Å². The number of nitrogens with zero attached hydrogens (tertiary/aromatic N) is 1. The lowest BCUT2D eigenvalue weighted by Crippen LogP contribution is -2.14. The van der Waals surface area contributed by atoms with Gasteiger partial charge >= 0.3 is 0 Å². The average molecular weight is 220 g/mol. The van der Waals surface area contributed by atoms with Gasteiger partial charge in [0.1, 0.15) is 0 Å². The molecule has 0 spiro atoms. The van der Waals surface area contributed by atoms with E-state index in [1.807, 2.05) is 12.1 Å². The van der Waals surface area contributed by atoms with Crippen LogP contribution in [0.25, 0.3) is 0 Å². The van der Waals surface area contributed by atoms with Crippen LogP contribution >= 0.6 is 0 Å². The Morgan fingerprint density at radius 3 is 2.44 bits per heavy atom. The van der Waals surface area contributed by atoms with Crippen LogP contribution in [0.4, 0.5) is 0 Å². The molecule has 86 valence electrons. The Morgan fingerprint density at radius 2 is 1.81 bits per heavy atom. The van der Waals surface area contributed by atoms with Crippen LogP contribution in [-0.2, 0) is 6.42 Å². The first-order valence-electron chi connectivity index (χ1n) is 5.32. The summed E-state index contributed by atoms with van der Waals surface area (Å²) >= 11 is 0. The van der Waals surface area contributed by atoms with E-state index in [1.54, 1.807) is 14.2 Å². The highest BCUT2D eigenvalue weighted by atomic mass is 16.5. The summed E-state index contributed by atoms with van der Waals surface area (Å²) in [6, 6.07) is 3.97. The van der Waals surface area contributed by atoms with Crippen molar-refractivity contribution in [1.29, 1.82) is 0 Å². The maximum atomic E-state index is 5.40. The molecule has 0 aromatic heterocycles. The zero-order valence-corrected chi connectivity index (χ0v) is 9.62. The average Bonchev–Trinajstić information content (AvgIpc) is 2.36. The third kappa shape index (κ3) is 1.71. The third-order valence-corrected chi connectivity index (χ3v) is 2.94. The maximum absolute atomic E-state index is 5.40. The van der Waals surface area contributed by atoms with Crippen LogP contribution < -0.4 is 15.3 Å². The van der Waals surface area contributed by atoms with Crippen LogP contribution in [0.3, 0.4) is 0 Å². The summed E-state index contributed by atoms with van der Waals surface area (Å²) < 4.78 is 10.5. The van der Waals surface area contributed by atoms with Gasteiger partial charge in [-0.25, -0.2) is 0 Å². The Kier molecular flexibility index (Phi) is 2.99. The molecule has 0 atom stereocenters. The molecule has 0 aliphatic heterocycles. The van der Waals surface area contributed by atoms with Crippen molar-refractivity contribution < 1.29 is 9.47 Å². The Labute approximate surface area is 95.0 Å². The molecule has 1 aliphatic carbocycles. The number of methoxy groups -OCH3 is 2. The minimum Gasteiger partial charge on any atom is -0.493 e. The third-order valence-electron chi connectivity index (χ3n) is 2.94. The summed E-state index contributed by atoms with van der Waals surface area (Å²) in [6.07, 6.45) is 3.05. The summed E-state index contributed by atoms with van der Waals surface area (Å²) in [5.74, 6) is 6.89. The number of ether oxygens (including phenoxy) is 2. The molecule has 1 aromatic rings. The van der Waals surface area contributed by atoms with Gasteiger partial charge in [-0.1, -0.05) is 0 Å². The molecule has 2 N–H and O–H groups in total. The number of aryl methyl sites for hydroxylation is 1. The molecule has 0 bridgehead atoms. The first-order chi connectivity index (χ1) is 7.80. The molecular formula is C12H16N2O2. The molecule has 0 heterocycles. The maximum Gasteiger partial charge on any atom is 0.161 e. The zero-order chi connectivity index (χ0) is 11.5. The fraction of sp³-hybridized carbons (Fsp3) is 0.417. The molecule has 0 unspecified atom stereocenters. The lowest BCUT2D eigenvalue weighted by molar-refractivity contribution is 0.354. The molecule has 16 heavy (non-hydrogen) atoms. The first-order valence-corrected chi connectivity index (χ1v) is 5.32. The van der Waals surface area contributed by atoms with E-state index in [-0.39, 0.29) is 0 Å². The van der Waals surface area contributed by atoms with Crippen molar-refractivity contribution in [3.63, 3.8) is 0 Å². The second-order valence-electron chi connectivity index (χ2n) is 3.79. The van der Waals surface area contributed by atoms with Crippen molar-refractivity contribution in [2.45, 2.75) is 19.3 Å². The summed E-state index contributed by atoms with van der Waals surface area (Å²) in [5, 5.41) is 3.84. The predicted molar refractivity (Wildman–Crippen MR) is 63.2 cm³/mol. The zero-order valence-electron chi connectivity index (χ0n) is 9.62. The van der Waals surface area contributed by atoms with E-state index in [1.165, 1.54) is 5.56 Å². The summed E-state index contributed by atoms with van der Waals surface area (Å²) in [4.78, 5) is 0. The SMILES string of the molecule is COc1cc2c(cc1OC)/C(=N/N)CCC2. The van der Waals surface area contributed by atoms with Gasteiger partial charge < -0.3 is 15.3 Å². The number of fused-ring (bicyclic) bond motifs is 1. The summed E-state index contributed by atoms with van der Waals surface area (Å²) in [6.45, 7) is 0. The van der Waals surface area contributed by atoms with Crippen LogP contribution in [0.2, 0.25) is 0 Å².